The van der Waals surface area contributed by atoms with E-state index in [0.29, 0.717) is 0 Å². The average Bonchev–Trinajstić information content (AvgIpc) is 2.34. The molecular formula is C16H15. The van der Waals surface area contributed by atoms with Crippen molar-refractivity contribution < 1.29 is 0 Å². The number of benzene rings is 2. The van der Waals surface area contributed by atoms with Crippen LogP contribution in [0.25, 0.3) is 5.57 Å². The Morgan fingerprint density at radius 2 is 1.44 bits per heavy atom. The molecule has 2 aromatic rings. The summed E-state index contributed by atoms with van der Waals surface area (Å²) in [6.45, 7) is 6.00. The standard InChI is InChI=1S/C16H15/c1-3-16(14-7-5-4-6-8-14)15-11-9-13(2)10-12-15/h3-12H,1H2,2H3. The molecule has 0 heterocycles. The first-order valence-electron chi connectivity index (χ1n) is 5.43. The van der Waals surface area contributed by atoms with Gasteiger partial charge in [0.1, 0.15) is 0 Å². The molecular weight excluding hydrogens is 192 g/mol. The summed E-state index contributed by atoms with van der Waals surface area (Å²) < 4.78 is 0. The highest BCUT2D eigenvalue weighted by molar-refractivity contribution is 5.80. The van der Waals surface area contributed by atoms with Gasteiger partial charge in [0.25, 0.3) is 0 Å². The quantitative estimate of drug-likeness (QED) is 0.690. The smallest absolute Gasteiger partial charge is 0.0151 e. The van der Waals surface area contributed by atoms with E-state index in [4.69, 9.17) is 0 Å². The summed E-state index contributed by atoms with van der Waals surface area (Å²) in [6.07, 6.45) is 1.92. The van der Waals surface area contributed by atoms with E-state index in [1.165, 1.54) is 22.3 Å². The van der Waals surface area contributed by atoms with Gasteiger partial charge in [-0.1, -0.05) is 66.2 Å². The average molecular weight is 207 g/mol. The molecule has 0 aliphatic carbocycles. The highest BCUT2D eigenvalue weighted by Crippen LogP contribution is 2.23. The van der Waals surface area contributed by atoms with Crippen molar-refractivity contribution in [2.45, 2.75) is 6.92 Å². The van der Waals surface area contributed by atoms with Crippen molar-refractivity contribution >= 4 is 5.57 Å². The molecule has 0 aromatic heterocycles. The van der Waals surface area contributed by atoms with E-state index in [9.17, 15) is 0 Å². The third-order valence-corrected chi connectivity index (χ3v) is 2.65. The molecule has 79 valence electrons. The van der Waals surface area contributed by atoms with Gasteiger partial charge in [-0.15, -0.1) is 0 Å². The Balaban J connectivity index is 2.42. The molecule has 0 unspecified atom stereocenters. The number of rotatable bonds is 2. The van der Waals surface area contributed by atoms with Crippen LogP contribution in [0.1, 0.15) is 16.7 Å². The number of allylic oxidation sites excluding steroid dienone is 1. The predicted molar refractivity (Wildman–Crippen MR) is 70.1 cm³/mol. The molecule has 0 saturated carbocycles. The zero-order valence-electron chi connectivity index (χ0n) is 9.48. The highest BCUT2D eigenvalue weighted by Gasteiger charge is 2.02. The first-order chi connectivity index (χ1) is 7.81. The van der Waals surface area contributed by atoms with E-state index in [1.807, 2.05) is 24.3 Å². The molecule has 0 saturated heterocycles. The molecule has 2 aromatic carbocycles. The van der Waals surface area contributed by atoms with Gasteiger partial charge in [0.2, 0.25) is 0 Å². The second kappa shape index (κ2) is 4.80. The Hall–Kier alpha value is -1.82. The molecule has 0 aliphatic heterocycles. The molecule has 0 fully saturated rings. The van der Waals surface area contributed by atoms with Crippen LogP contribution in [-0.2, 0) is 0 Å². The minimum Gasteiger partial charge on any atom is -0.0757 e. The van der Waals surface area contributed by atoms with Gasteiger partial charge in [-0.3, -0.25) is 0 Å². The van der Waals surface area contributed by atoms with Gasteiger partial charge in [-0.05, 0) is 30.5 Å². The van der Waals surface area contributed by atoms with Crippen LogP contribution in [-0.4, -0.2) is 0 Å². The largest absolute Gasteiger partial charge is 0.0757 e. The second-order valence-corrected chi connectivity index (χ2v) is 3.85. The van der Waals surface area contributed by atoms with Crippen LogP contribution >= 0.6 is 0 Å². The fourth-order valence-corrected chi connectivity index (χ4v) is 1.75. The number of aryl methyl sites for hydroxylation is 1. The lowest BCUT2D eigenvalue weighted by Gasteiger charge is -2.07. The van der Waals surface area contributed by atoms with E-state index < -0.39 is 0 Å². The van der Waals surface area contributed by atoms with E-state index in [0.717, 1.165) is 0 Å². The van der Waals surface area contributed by atoms with Crippen LogP contribution in [0.15, 0.2) is 60.7 Å². The fraction of sp³-hybridized carbons (Fsp3) is 0.0625. The van der Waals surface area contributed by atoms with Crippen LogP contribution < -0.4 is 0 Å². The molecule has 2 rings (SSSR count). The summed E-state index contributed by atoms with van der Waals surface area (Å²) in [7, 11) is 0. The van der Waals surface area contributed by atoms with Gasteiger partial charge in [0, 0.05) is 0 Å². The van der Waals surface area contributed by atoms with Crippen LogP contribution in [0.4, 0.5) is 0 Å². The molecule has 0 amide bonds. The van der Waals surface area contributed by atoms with Crippen LogP contribution in [0.5, 0.6) is 0 Å². The molecule has 0 heteroatoms. The Kier molecular flexibility index (Phi) is 3.21. The summed E-state index contributed by atoms with van der Waals surface area (Å²) in [5.74, 6) is 0. The van der Waals surface area contributed by atoms with E-state index in [-0.39, 0.29) is 0 Å². The SMILES string of the molecule is [CH2]C=C(c1ccccc1)c1ccc(C)cc1. The minimum absolute atomic E-state index is 1.18. The summed E-state index contributed by atoms with van der Waals surface area (Å²) in [4.78, 5) is 0. The van der Waals surface area contributed by atoms with Crippen LogP contribution in [0.2, 0.25) is 0 Å². The molecule has 0 aliphatic rings. The topological polar surface area (TPSA) is 0 Å². The lowest BCUT2D eigenvalue weighted by Crippen LogP contribution is -1.87. The van der Waals surface area contributed by atoms with Crippen LogP contribution in [0, 0.1) is 13.8 Å². The normalized spacial score (nSPS) is 11.5. The monoisotopic (exact) mass is 207 g/mol. The van der Waals surface area contributed by atoms with Crippen LogP contribution in [0.3, 0.4) is 0 Å². The lowest BCUT2D eigenvalue weighted by atomic mass is 9.97. The third kappa shape index (κ3) is 2.22. The highest BCUT2D eigenvalue weighted by atomic mass is 14.1. The van der Waals surface area contributed by atoms with Crippen molar-refractivity contribution in [3.05, 3.63) is 84.3 Å². The van der Waals surface area contributed by atoms with E-state index in [1.54, 1.807) is 0 Å². The second-order valence-electron chi connectivity index (χ2n) is 3.85. The van der Waals surface area contributed by atoms with Gasteiger partial charge in [-0.25, -0.2) is 0 Å². The third-order valence-electron chi connectivity index (χ3n) is 2.65. The zero-order chi connectivity index (χ0) is 11.4. The molecule has 0 bridgehead atoms. The fourth-order valence-electron chi connectivity index (χ4n) is 1.75. The first-order valence-corrected chi connectivity index (χ1v) is 5.43. The van der Waals surface area contributed by atoms with Crippen molar-refractivity contribution in [1.82, 2.24) is 0 Å². The van der Waals surface area contributed by atoms with Gasteiger partial charge >= 0.3 is 0 Å². The van der Waals surface area contributed by atoms with Crippen molar-refractivity contribution in [2.24, 2.45) is 0 Å². The van der Waals surface area contributed by atoms with Crippen molar-refractivity contribution in [3.63, 3.8) is 0 Å². The lowest BCUT2D eigenvalue weighted by molar-refractivity contribution is 1.44. The number of hydrogen-bond donors (Lipinski definition) is 0. The summed E-state index contributed by atoms with van der Waals surface area (Å²) in [5, 5.41) is 0. The van der Waals surface area contributed by atoms with Gasteiger partial charge in [0.05, 0.1) is 0 Å². The summed E-state index contributed by atoms with van der Waals surface area (Å²) in [6, 6.07) is 18.9. The molecule has 0 nitrogen and oxygen atoms in total. The molecule has 1 radical (unpaired) electrons. The minimum atomic E-state index is 1.18. The Morgan fingerprint density at radius 3 is 2.00 bits per heavy atom. The Labute approximate surface area is 97.3 Å². The Bertz CT molecular complexity index is 475. The molecule has 16 heavy (non-hydrogen) atoms. The molecule has 0 N–H and O–H groups in total. The van der Waals surface area contributed by atoms with E-state index >= 15 is 0 Å². The van der Waals surface area contributed by atoms with Gasteiger partial charge in [0.15, 0.2) is 0 Å². The maximum Gasteiger partial charge on any atom is -0.0151 e. The summed E-state index contributed by atoms with van der Waals surface area (Å²) >= 11 is 0. The predicted octanol–water partition coefficient (Wildman–Crippen LogP) is 4.26. The van der Waals surface area contributed by atoms with Crippen molar-refractivity contribution in [2.75, 3.05) is 0 Å². The van der Waals surface area contributed by atoms with E-state index in [2.05, 4.69) is 50.2 Å². The first kappa shape index (κ1) is 10.7. The molecule has 0 spiro atoms. The van der Waals surface area contributed by atoms with Crippen molar-refractivity contribution in [1.29, 1.82) is 0 Å². The maximum absolute atomic E-state index is 3.90. The number of hydrogen-bond acceptors (Lipinski definition) is 0. The van der Waals surface area contributed by atoms with Crippen molar-refractivity contribution in [3.8, 4) is 0 Å². The summed E-state index contributed by atoms with van der Waals surface area (Å²) in [5.41, 5.74) is 4.88. The van der Waals surface area contributed by atoms with Gasteiger partial charge in [-0.2, -0.15) is 0 Å². The molecule has 0 atom stereocenters. The maximum atomic E-state index is 3.90. The van der Waals surface area contributed by atoms with Gasteiger partial charge < -0.3 is 0 Å². The zero-order valence-corrected chi connectivity index (χ0v) is 9.48. The Morgan fingerprint density at radius 1 is 0.875 bits per heavy atom.